The molecule has 0 radical (unpaired) electrons. The fourth-order valence-corrected chi connectivity index (χ4v) is 2.93. The fourth-order valence-electron chi connectivity index (χ4n) is 1.39. The van der Waals surface area contributed by atoms with Crippen LogP contribution in [0.15, 0.2) is 9.17 Å². The van der Waals surface area contributed by atoms with E-state index in [9.17, 15) is 4.79 Å². The summed E-state index contributed by atoms with van der Waals surface area (Å²) in [7, 11) is 0. The molecule has 0 N–H and O–H groups in total. The molecule has 58 valence electrons. The van der Waals surface area contributed by atoms with Gasteiger partial charge in [0, 0.05) is 17.4 Å². The lowest BCUT2D eigenvalue weighted by molar-refractivity contribution is 0.0973. The van der Waals surface area contributed by atoms with E-state index in [0.717, 1.165) is 28.6 Å². The van der Waals surface area contributed by atoms with Gasteiger partial charge in [0.1, 0.15) is 0 Å². The Morgan fingerprint density at radius 2 is 2.27 bits per heavy atom. The monoisotopic (exact) mass is 230 g/mol. The molecule has 1 nitrogen and oxygen atoms in total. The number of thiophene rings is 1. The van der Waals surface area contributed by atoms with Crippen LogP contribution in [-0.2, 0) is 6.42 Å². The Bertz CT molecular complexity index is 303. The third-order valence-corrected chi connectivity index (χ3v) is 3.82. The van der Waals surface area contributed by atoms with Gasteiger partial charge in [-0.15, -0.1) is 11.3 Å². The SMILES string of the molecule is O=C1CCCc2c1csc2Br. The average Bonchev–Trinajstić information content (AvgIpc) is 2.35. The topological polar surface area (TPSA) is 17.1 Å². The van der Waals surface area contributed by atoms with Crippen LogP contribution in [0.1, 0.15) is 28.8 Å². The van der Waals surface area contributed by atoms with E-state index in [1.807, 2.05) is 5.38 Å². The molecular weight excluding hydrogens is 224 g/mol. The fraction of sp³-hybridized carbons (Fsp3) is 0.375. The Morgan fingerprint density at radius 3 is 3.00 bits per heavy atom. The van der Waals surface area contributed by atoms with Crippen molar-refractivity contribution in [2.24, 2.45) is 0 Å². The molecule has 1 aromatic rings. The second-order valence-corrected chi connectivity index (χ2v) is 4.88. The summed E-state index contributed by atoms with van der Waals surface area (Å²) in [6, 6.07) is 0. The Balaban J connectivity index is 2.55. The van der Waals surface area contributed by atoms with Crippen molar-refractivity contribution in [2.75, 3.05) is 0 Å². The number of fused-ring (bicyclic) bond motifs is 1. The molecule has 0 atom stereocenters. The molecule has 1 aromatic heterocycles. The van der Waals surface area contributed by atoms with Crippen molar-refractivity contribution in [3.8, 4) is 0 Å². The molecule has 11 heavy (non-hydrogen) atoms. The maximum absolute atomic E-state index is 11.3. The van der Waals surface area contributed by atoms with Gasteiger partial charge in [0.05, 0.1) is 3.79 Å². The van der Waals surface area contributed by atoms with Crippen molar-refractivity contribution in [3.05, 3.63) is 20.3 Å². The lowest BCUT2D eigenvalue weighted by atomic mass is 9.95. The molecule has 1 aliphatic rings. The van der Waals surface area contributed by atoms with Crippen LogP contribution in [0.2, 0.25) is 0 Å². The van der Waals surface area contributed by atoms with Crippen LogP contribution < -0.4 is 0 Å². The smallest absolute Gasteiger partial charge is 0.164 e. The Kier molecular flexibility index (Phi) is 1.85. The zero-order valence-electron chi connectivity index (χ0n) is 5.89. The van der Waals surface area contributed by atoms with Crippen molar-refractivity contribution in [3.63, 3.8) is 0 Å². The standard InChI is InChI=1S/C8H7BrOS/c9-8-5-2-1-3-7(10)6(5)4-11-8/h4H,1-3H2. The molecule has 0 amide bonds. The summed E-state index contributed by atoms with van der Waals surface area (Å²) in [5.41, 5.74) is 2.18. The minimum atomic E-state index is 0.313. The van der Waals surface area contributed by atoms with E-state index in [1.54, 1.807) is 11.3 Å². The molecule has 0 spiro atoms. The molecule has 1 heterocycles. The maximum atomic E-state index is 11.3. The summed E-state index contributed by atoms with van der Waals surface area (Å²) in [5, 5.41) is 1.96. The van der Waals surface area contributed by atoms with Crippen LogP contribution in [0.5, 0.6) is 0 Å². The van der Waals surface area contributed by atoms with E-state index in [2.05, 4.69) is 15.9 Å². The van der Waals surface area contributed by atoms with Crippen LogP contribution in [-0.4, -0.2) is 5.78 Å². The van der Waals surface area contributed by atoms with Crippen LogP contribution in [0.25, 0.3) is 0 Å². The van der Waals surface area contributed by atoms with E-state index in [-0.39, 0.29) is 0 Å². The zero-order chi connectivity index (χ0) is 7.84. The lowest BCUT2D eigenvalue weighted by Gasteiger charge is -2.09. The number of carbonyl (C=O) groups excluding carboxylic acids is 1. The first-order valence-corrected chi connectivity index (χ1v) is 5.25. The second-order valence-electron chi connectivity index (χ2n) is 2.68. The number of ketones is 1. The molecule has 0 saturated heterocycles. The van der Waals surface area contributed by atoms with Crippen LogP contribution in [0.4, 0.5) is 0 Å². The van der Waals surface area contributed by atoms with Gasteiger partial charge in [-0.05, 0) is 34.3 Å². The number of hydrogen-bond acceptors (Lipinski definition) is 2. The van der Waals surface area contributed by atoms with E-state index in [4.69, 9.17) is 0 Å². The van der Waals surface area contributed by atoms with E-state index in [1.165, 1.54) is 5.56 Å². The van der Waals surface area contributed by atoms with Gasteiger partial charge in [0.15, 0.2) is 5.78 Å². The summed E-state index contributed by atoms with van der Waals surface area (Å²) in [5.74, 6) is 0.313. The zero-order valence-corrected chi connectivity index (χ0v) is 8.30. The van der Waals surface area contributed by atoms with Gasteiger partial charge < -0.3 is 0 Å². The van der Waals surface area contributed by atoms with Gasteiger partial charge in [-0.25, -0.2) is 0 Å². The minimum Gasteiger partial charge on any atom is -0.294 e. The van der Waals surface area contributed by atoms with Crippen LogP contribution >= 0.6 is 27.3 Å². The van der Waals surface area contributed by atoms with Gasteiger partial charge in [-0.2, -0.15) is 0 Å². The molecular formula is C8H7BrOS. The van der Waals surface area contributed by atoms with Crippen LogP contribution in [0, 0.1) is 0 Å². The van der Waals surface area contributed by atoms with Gasteiger partial charge in [-0.3, -0.25) is 4.79 Å². The highest BCUT2D eigenvalue weighted by Gasteiger charge is 2.20. The number of Topliss-reactive ketones (excluding diaryl/α,β-unsaturated/α-hetero) is 1. The van der Waals surface area contributed by atoms with Gasteiger partial charge >= 0.3 is 0 Å². The third kappa shape index (κ3) is 1.16. The molecule has 0 aliphatic heterocycles. The van der Waals surface area contributed by atoms with Crippen molar-refractivity contribution < 1.29 is 4.79 Å². The summed E-state index contributed by atoms with van der Waals surface area (Å²) in [6.45, 7) is 0. The predicted molar refractivity (Wildman–Crippen MR) is 49.3 cm³/mol. The highest BCUT2D eigenvalue weighted by molar-refractivity contribution is 9.11. The molecule has 0 aromatic carbocycles. The Morgan fingerprint density at radius 1 is 1.45 bits per heavy atom. The molecule has 1 aliphatic carbocycles. The summed E-state index contributed by atoms with van der Waals surface area (Å²) < 4.78 is 1.14. The third-order valence-electron chi connectivity index (χ3n) is 1.97. The van der Waals surface area contributed by atoms with Gasteiger partial charge in [-0.1, -0.05) is 0 Å². The molecule has 0 saturated carbocycles. The van der Waals surface area contributed by atoms with Crippen molar-refractivity contribution in [1.82, 2.24) is 0 Å². The molecule has 0 fully saturated rings. The normalized spacial score (nSPS) is 16.6. The molecule has 0 unspecified atom stereocenters. The average molecular weight is 231 g/mol. The predicted octanol–water partition coefficient (Wildman–Crippen LogP) is 3.03. The number of rotatable bonds is 0. The molecule has 0 bridgehead atoms. The first-order chi connectivity index (χ1) is 5.29. The maximum Gasteiger partial charge on any atom is 0.164 e. The second kappa shape index (κ2) is 2.72. The molecule has 2 rings (SSSR count). The number of hydrogen-bond donors (Lipinski definition) is 0. The van der Waals surface area contributed by atoms with Crippen LogP contribution in [0.3, 0.4) is 0 Å². The van der Waals surface area contributed by atoms with Gasteiger partial charge in [0.25, 0.3) is 0 Å². The van der Waals surface area contributed by atoms with Crippen molar-refractivity contribution >= 4 is 33.0 Å². The summed E-state index contributed by atoms with van der Waals surface area (Å²) in [6.07, 6.45) is 2.81. The van der Waals surface area contributed by atoms with Gasteiger partial charge in [0.2, 0.25) is 0 Å². The highest BCUT2D eigenvalue weighted by atomic mass is 79.9. The lowest BCUT2D eigenvalue weighted by Crippen LogP contribution is -2.07. The Hall–Kier alpha value is -0.150. The Labute approximate surface area is 77.6 Å². The first kappa shape index (κ1) is 7.50. The van der Waals surface area contributed by atoms with Crippen molar-refractivity contribution in [2.45, 2.75) is 19.3 Å². The summed E-state index contributed by atoms with van der Waals surface area (Å²) in [4.78, 5) is 11.3. The number of carbonyl (C=O) groups is 1. The quantitative estimate of drug-likeness (QED) is 0.670. The summed E-state index contributed by atoms with van der Waals surface area (Å²) >= 11 is 5.07. The van der Waals surface area contributed by atoms with E-state index < -0.39 is 0 Å². The van der Waals surface area contributed by atoms with Crippen molar-refractivity contribution in [1.29, 1.82) is 0 Å². The number of halogens is 1. The largest absolute Gasteiger partial charge is 0.294 e. The first-order valence-electron chi connectivity index (χ1n) is 3.58. The molecule has 3 heteroatoms. The van der Waals surface area contributed by atoms with E-state index in [0.29, 0.717) is 5.78 Å². The minimum absolute atomic E-state index is 0.313. The van der Waals surface area contributed by atoms with E-state index >= 15 is 0 Å². The highest BCUT2D eigenvalue weighted by Crippen LogP contribution is 2.33.